The van der Waals surface area contributed by atoms with Crippen molar-refractivity contribution < 1.29 is 9.53 Å². The van der Waals surface area contributed by atoms with Crippen molar-refractivity contribution in [3.05, 3.63) is 33.9 Å². The molecule has 1 amide bonds. The number of H-pyrrole nitrogens is 1. The molecule has 8 nitrogen and oxygen atoms in total. The van der Waals surface area contributed by atoms with Crippen LogP contribution in [0.4, 0.5) is 4.79 Å². The first kappa shape index (κ1) is 13.3. The fraction of sp³-hybridized carbons (Fsp3) is 0.500. The second-order valence-corrected chi connectivity index (χ2v) is 5.88. The summed E-state index contributed by atoms with van der Waals surface area (Å²) in [7, 11) is 0. The summed E-state index contributed by atoms with van der Waals surface area (Å²) in [5.74, 6) is 0. The molecular weight excluding hydrogens is 286 g/mol. The summed E-state index contributed by atoms with van der Waals surface area (Å²) in [5, 5.41) is 2.96. The second-order valence-electron chi connectivity index (χ2n) is 5.88. The molecule has 2 fully saturated rings. The van der Waals surface area contributed by atoms with E-state index >= 15 is 0 Å². The minimum absolute atomic E-state index is 0.105. The summed E-state index contributed by atoms with van der Waals surface area (Å²) in [4.78, 5) is 32.1. The van der Waals surface area contributed by atoms with Crippen LogP contribution in [0.15, 0.2) is 16.9 Å². The molecule has 116 valence electrons. The average molecular weight is 303 g/mol. The van der Waals surface area contributed by atoms with Crippen LogP contribution in [-0.4, -0.2) is 62.8 Å². The lowest BCUT2D eigenvalue weighted by molar-refractivity contribution is 0.114. The molecule has 0 unspecified atom stereocenters. The van der Waals surface area contributed by atoms with Crippen LogP contribution in [0.3, 0.4) is 0 Å². The van der Waals surface area contributed by atoms with E-state index in [1.165, 1.54) is 4.52 Å². The number of carbonyl (C=O) groups excluding carboxylic acids is 1. The molecule has 0 spiro atoms. The van der Waals surface area contributed by atoms with E-state index in [9.17, 15) is 9.59 Å². The summed E-state index contributed by atoms with van der Waals surface area (Å²) in [6.45, 7) is 5.12. The van der Waals surface area contributed by atoms with Crippen LogP contribution in [-0.2, 0) is 11.3 Å². The van der Waals surface area contributed by atoms with Gasteiger partial charge in [-0.15, -0.1) is 0 Å². The van der Waals surface area contributed by atoms with E-state index in [0.29, 0.717) is 25.3 Å². The van der Waals surface area contributed by atoms with Gasteiger partial charge in [0.2, 0.25) is 0 Å². The molecule has 0 aromatic carbocycles. The molecule has 2 aliphatic rings. The fourth-order valence-electron chi connectivity index (χ4n) is 3.17. The monoisotopic (exact) mass is 303 g/mol. The molecule has 1 atom stereocenters. The first-order valence-electron chi connectivity index (χ1n) is 7.34. The molecule has 2 aromatic heterocycles. The van der Waals surface area contributed by atoms with Crippen LogP contribution < -0.4 is 5.56 Å². The Morgan fingerprint density at radius 2 is 2.23 bits per heavy atom. The Bertz CT molecular complexity index is 795. The van der Waals surface area contributed by atoms with Crippen molar-refractivity contribution in [2.45, 2.75) is 19.5 Å². The van der Waals surface area contributed by atoms with Gasteiger partial charge in [0.25, 0.3) is 5.56 Å². The summed E-state index contributed by atoms with van der Waals surface area (Å²) in [6.07, 6.45) is -0.217. The maximum absolute atomic E-state index is 12.1. The van der Waals surface area contributed by atoms with Crippen molar-refractivity contribution in [2.24, 2.45) is 0 Å². The quantitative estimate of drug-likeness (QED) is 0.842. The van der Waals surface area contributed by atoms with Gasteiger partial charge in [-0.3, -0.25) is 19.7 Å². The molecule has 1 N–H and O–H groups in total. The minimum atomic E-state index is -0.217. The van der Waals surface area contributed by atoms with Crippen molar-refractivity contribution in [3.63, 3.8) is 0 Å². The fourth-order valence-corrected chi connectivity index (χ4v) is 3.17. The number of nitrogens with zero attached hydrogens (tertiary/aromatic N) is 4. The largest absolute Gasteiger partial charge is 0.447 e. The summed E-state index contributed by atoms with van der Waals surface area (Å²) in [5.41, 5.74) is 2.18. The van der Waals surface area contributed by atoms with Crippen LogP contribution in [0.2, 0.25) is 0 Å². The Morgan fingerprint density at radius 1 is 1.36 bits per heavy atom. The number of rotatable bonds is 2. The van der Waals surface area contributed by atoms with Crippen LogP contribution in [0.5, 0.6) is 0 Å². The molecule has 22 heavy (non-hydrogen) atoms. The third kappa shape index (κ3) is 2.16. The minimum Gasteiger partial charge on any atom is -0.447 e. The highest BCUT2D eigenvalue weighted by atomic mass is 16.6. The topological polar surface area (TPSA) is 82.9 Å². The summed E-state index contributed by atoms with van der Waals surface area (Å²) in [6, 6.07) is 3.53. The number of aryl methyl sites for hydroxylation is 1. The van der Waals surface area contributed by atoms with Gasteiger partial charge < -0.3 is 4.74 Å². The van der Waals surface area contributed by atoms with Crippen LogP contribution in [0.1, 0.15) is 11.4 Å². The van der Waals surface area contributed by atoms with Crippen molar-refractivity contribution in [2.75, 3.05) is 26.2 Å². The van der Waals surface area contributed by atoms with E-state index < -0.39 is 0 Å². The molecule has 0 bridgehead atoms. The Balaban J connectivity index is 1.54. The van der Waals surface area contributed by atoms with Crippen molar-refractivity contribution >= 4 is 11.7 Å². The molecule has 2 saturated heterocycles. The number of ether oxygens (including phenoxy) is 1. The first-order chi connectivity index (χ1) is 10.6. The van der Waals surface area contributed by atoms with Crippen molar-refractivity contribution in [1.82, 2.24) is 24.4 Å². The number of nitrogens with one attached hydrogen (secondary N) is 1. The van der Waals surface area contributed by atoms with Gasteiger partial charge in [-0.2, -0.15) is 0 Å². The maximum Gasteiger partial charge on any atom is 0.410 e. The predicted molar refractivity (Wildman–Crippen MR) is 77.7 cm³/mol. The summed E-state index contributed by atoms with van der Waals surface area (Å²) < 4.78 is 6.51. The highest BCUT2D eigenvalue weighted by molar-refractivity contribution is 5.70. The average Bonchev–Trinajstić information content (AvgIpc) is 3.02. The van der Waals surface area contributed by atoms with Crippen molar-refractivity contribution in [3.8, 4) is 0 Å². The van der Waals surface area contributed by atoms with Gasteiger partial charge in [0.05, 0.1) is 11.7 Å². The predicted octanol–water partition coefficient (Wildman–Crippen LogP) is -0.0326. The number of fused-ring (bicyclic) bond motifs is 2. The molecule has 0 radical (unpaired) electrons. The van der Waals surface area contributed by atoms with E-state index in [2.05, 4.69) is 15.0 Å². The third-order valence-corrected chi connectivity index (χ3v) is 4.22. The van der Waals surface area contributed by atoms with E-state index in [-0.39, 0.29) is 17.7 Å². The first-order valence-corrected chi connectivity index (χ1v) is 7.34. The van der Waals surface area contributed by atoms with Crippen LogP contribution >= 0.6 is 0 Å². The smallest absolute Gasteiger partial charge is 0.410 e. The molecule has 2 aromatic rings. The zero-order valence-electron chi connectivity index (χ0n) is 12.3. The number of aromatic amines is 1. The Morgan fingerprint density at radius 3 is 3.09 bits per heavy atom. The van der Waals surface area contributed by atoms with E-state index in [1.54, 1.807) is 11.0 Å². The maximum atomic E-state index is 12.1. The van der Waals surface area contributed by atoms with E-state index in [4.69, 9.17) is 4.74 Å². The number of carbonyl (C=O) groups is 1. The van der Waals surface area contributed by atoms with Gasteiger partial charge in [0.1, 0.15) is 6.61 Å². The SMILES string of the molecule is Cc1cc2nc(CN3CCN4C(=O)OC[C@H]4C3)cc(=O)n2[nH]1. The van der Waals surface area contributed by atoms with E-state index in [1.807, 2.05) is 13.0 Å². The van der Waals surface area contributed by atoms with E-state index in [0.717, 1.165) is 24.5 Å². The van der Waals surface area contributed by atoms with Gasteiger partial charge in [-0.1, -0.05) is 0 Å². The Kier molecular flexibility index (Phi) is 2.93. The number of amides is 1. The van der Waals surface area contributed by atoms with Gasteiger partial charge in [-0.25, -0.2) is 14.3 Å². The lowest BCUT2D eigenvalue weighted by atomic mass is 10.2. The number of hydrogen-bond acceptors (Lipinski definition) is 5. The number of cyclic esters (lactones) is 1. The molecule has 4 rings (SSSR count). The van der Waals surface area contributed by atoms with Crippen LogP contribution in [0, 0.1) is 6.92 Å². The number of piperazine rings is 1. The molecule has 0 saturated carbocycles. The highest BCUT2D eigenvalue weighted by Crippen LogP contribution is 2.18. The lowest BCUT2D eigenvalue weighted by Crippen LogP contribution is -2.51. The Labute approximate surface area is 126 Å². The zero-order chi connectivity index (χ0) is 15.3. The summed E-state index contributed by atoms with van der Waals surface area (Å²) >= 11 is 0. The number of aromatic nitrogens is 3. The second kappa shape index (κ2) is 4.84. The molecule has 8 heteroatoms. The molecule has 0 aliphatic carbocycles. The van der Waals surface area contributed by atoms with Gasteiger partial charge in [0, 0.05) is 44.0 Å². The van der Waals surface area contributed by atoms with Gasteiger partial charge in [-0.05, 0) is 6.92 Å². The lowest BCUT2D eigenvalue weighted by Gasteiger charge is -2.35. The highest BCUT2D eigenvalue weighted by Gasteiger charge is 2.37. The molecule has 2 aliphatic heterocycles. The number of hydrogen-bond donors (Lipinski definition) is 1. The van der Waals surface area contributed by atoms with Gasteiger partial charge >= 0.3 is 6.09 Å². The molecular formula is C14H17N5O3. The third-order valence-electron chi connectivity index (χ3n) is 4.22. The Hall–Kier alpha value is -2.35. The standard InChI is InChI=1S/C14H17N5O3/c1-9-4-12-15-10(5-13(20)19(12)16-9)6-17-2-3-18-11(7-17)8-22-14(18)21/h4-5,11,16H,2-3,6-8H2,1H3/t11-/m1/s1. The van der Waals surface area contributed by atoms with Gasteiger partial charge in [0.15, 0.2) is 5.65 Å². The van der Waals surface area contributed by atoms with Crippen LogP contribution in [0.25, 0.3) is 5.65 Å². The zero-order valence-corrected chi connectivity index (χ0v) is 12.3. The normalized spacial score (nSPS) is 22.1. The molecule has 4 heterocycles. The van der Waals surface area contributed by atoms with Crippen molar-refractivity contribution in [1.29, 1.82) is 0 Å².